The maximum atomic E-state index is 12.8. The first-order valence-electron chi connectivity index (χ1n) is 9.86. The van der Waals surface area contributed by atoms with E-state index in [-0.39, 0.29) is 0 Å². The molecule has 0 bridgehead atoms. The van der Waals surface area contributed by atoms with Crippen LogP contribution in [0.3, 0.4) is 0 Å². The smallest absolute Gasteiger partial charge is 0.339 e. The number of anilines is 2. The molecule has 3 heterocycles. The standard InChI is InChI=1S/C22H20F3N5/c1-21(10-2-3-20-28-17(13-30(20)21)14-4-5-14)18-11-26-12-19(29-18)27-16-8-6-15(7-9-16)22(23,24)25/h2-3,6-9,11-14H,4-5,10H2,1H3,(H,27,29). The second kappa shape index (κ2) is 6.68. The molecule has 1 aliphatic heterocycles. The van der Waals surface area contributed by atoms with Crippen molar-refractivity contribution >= 4 is 17.6 Å². The average molecular weight is 411 g/mol. The Hall–Kier alpha value is -3.16. The molecule has 5 nitrogen and oxygen atoms in total. The van der Waals surface area contributed by atoms with Gasteiger partial charge in [0, 0.05) is 17.8 Å². The van der Waals surface area contributed by atoms with Crippen LogP contribution in [0.15, 0.2) is 48.9 Å². The number of rotatable bonds is 4. The van der Waals surface area contributed by atoms with Crippen molar-refractivity contribution in [1.29, 1.82) is 0 Å². The van der Waals surface area contributed by atoms with E-state index in [1.165, 1.54) is 25.0 Å². The highest BCUT2D eigenvalue weighted by Crippen LogP contribution is 2.42. The summed E-state index contributed by atoms with van der Waals surface area (Å²) in [5.41, 5.74) is 1.28. The van der Waals surface area contributed by atoms with Gasteiger partial charge in [0.05, 0.1) is 34.9 Å². The molecule has 1 atom stereocenters. The molecule has 0 spiro atoms. The molecule has 2 aromatic heterocycles. The molecule has 1 unspecified atom stereocenters. The Morgan fingerprint density at radius 2 is 1.87 bits per heavy atom. The Labute approximate surface area is 171 Å². The van der Waals surface area contributed by atoms with Crippen molar-refractivity contribution in [3.8, 4) is 0 Å². The molecule has 1 saturated carbocycles. The first kappa shape index (κ1) is 18.8. The van der Waals surface area contributed by atoms with Crippen LogP contribution >= 0.6 is 0 Å². The summed E-state index contributed by atoms with van der Waals surface area (Å²) >= 11 is 0. The molecule has 1 N–H and O–H groups in total. The topological polar surface area (TPSA) is 55.6 Å². The van der Waals surface area contributed by atoms with Gasteiger partial charge in [0.25, 0.3) is 0 Å². The summed E-state index contributed by atoms with van der Waals surface area (Å²) in [7, 11) is 0. The first-order chi connectivity index (χ1) is 14.3. The molecule has 1 fully saturated rings. The van der Waals surface area contributed by atoms with Gasteiger partial charge in [0.1, 0.15) is 11.6 Å². The van der Waals surface area contributed by atoms with E-state index < -0.39 is 17.3 Å². The van der Waals surface area contributed by atoms with Crippen molar-refractivity contribution in [2.24, 2.45) is 0 Å². The molecule has 2 aliphatic rings. The Balaban J connectivity index is 1.43. The lowest BCUT2D eigenvalue weighted by atomic mass is 9.91. The van der Waals surface area contributed by atoms with Crippen molar-refractivity contribution in [2.75, 3.05) is 5.32 Å². The van der Waals surface area contributed by atoms with Gasteiger partial charge >= 0.3 is 6.18 Å². The fourth-order valence-electron chi connectivity index (χ4n) is 3.80. The summed E-state index contributed by atoms with van der Waals surface area (Å²) in [5, 5.41) is 3.05. The predicted octanol–water partition coefficient (Wildman–Crippen LogP) is 5.49. The number of imidazole rings is 1. The number of hydrogen-bond acceptors (Lipinski definition) is 4. The second-order valence-corrected chi connectivity index (χ2v) is 8.04. The van der Waals surface area contributed by atoms with Gasteiger partial charge in [-0.25, -0.2) is 9.97 Å². The summed E-state index contributed by atoms with van der Waals surface area (Å²) in [5.74, 6) is 1.94. The zero-order valence-corrected chi connectivity index (χ0v) is 16.3. The molecule has 0 amide bonds. The quantitative estimate of drug-likeness (QED) is 0.617. The van der Waals surface area contributed by atoms with E-state index in [1.54, 1.807) is 12.4 Å². The van der Waals surface area contributed by atoms with Gasteiger partial charge in [-0.1, -0.05) is 6.08 Å². The van der Waals surface area contributed by atoms with Gasteiger partial charge < -0.3 is 9.88 Å². The average Bonchev–Trinajstić information content (AvgIpc) is 3.47. The van der Waals surface area contributed by atoms with Crippen LogP contribution in [-0.2, 0) is 11.7 Å². The molecule has 154 valence electrons. The number of benzene rings is 1. The molecule has 8 heteroatoms. The Morgan fingerprint density at radius 1 is 1.10 bits per heavy atom. The van der Waals surface area contributed by atoms with Crippen LogP contribution in [0.2, 0.25) is 0 Å². The number of allylic oxidation sites excluding steroid dienone is 1. The summed E-state index contributed by atoms with van der Waals surface area (Å²) < 4.78 is 40.5. The molecule has 3 aromatic rings. The Bertz CT molecular complexity index is 1110. The zero-order valence-electron chi connectivity index (χ0n) is 16.3. The largest absolute Gasteiger partial charge is 0.416 e. The van der Waals surface area contributed by atoms with Crippen LogP contribution in [0.5, 0.6) is 0 Å². The zero-order chi connectivity index (χ0) is 20.9. The van der Waals surface area contributed by atoms with E-state index in [1.807, 2.05) is 6.08 Å². The van der Waals surface area contributed by atoms with E-state index in [2.05, 4.69) is 34.1 Å². The van der Waals surface area contributed by atoms with Crippen LogP contribution in [0.25, 0.3) is 6.08 Å². The summed E-state index contributed by atoms with van der Waals surface area (Å²) in [4.78, 5) is 13.8. The van der Waals surface area contributed by atoms with Gasteiger partial charge in [-0.2, -0.15) is 13.2 Å². The third-order valence-electron chi connectivity index (χ3n) is 5.73. The fraction of sp³-hybridized carbons (Fsp3) is 0.318. The maximum absolute atomic E-state index is 12.8. The minimum absolute atomic E-state index is 0.435. The summed E-state index contributed by atoms with van der Waals surface area (Å²) in [6, 6.07) is 4.87. The van der Waals surface area contributed by atoms with Crippen LogP contribution in [0, 0.1) is 0 Å². The molecule has 0 radical (unpaired) electrons. The SMILES string of the molecule is CC1(c2cncc(Nc3ccc(C(F)(F)F)cc3)n2)CC=Cc2nc(C3CC3)cn21. The second-order valence-electron chi connectivity index (χ2n) is 8.04. The van der Waals surface area contributed by atoms with E-state index in [4.69, 9.17) is 9.97 Å². The van der Waals surface area contributed by atoms with Crippen LogP contribution in [0.1, 0.15) is 54.9 Å². The Morgan fingerprint density at radius 3 is 2.57 bits per heavy atom. The number of aromatic nitrogens is 4. The lowest BCUT2D eigenvalue weighted by molar-refractivity contribution is -0.137. The number of nitrogens with zero attached hydrogens (tertiary/aromatic N) is 4. The summed E-state index contributed by atoms with van der Waals surface area (Å²) in [6.45, 7) is 2.10. The monoisotopic (exact) mass is 411 g/mol. The Kier molecular flexibility index (Phi) is 4.20. The highest BCUT2D eigenvalue weighted by Gasteiger charge is 2.36. The van der Waals surface area contributed by atoms with Crippen LogP contribution in [-0.4, -0.2) is 19.5 Å². The molecule has 0 saturated heterocycles. The summed E-state index contributed by atoms with van der Waals surface area (Å²) in [6.07, 6.45) is 8.30. The van der Waals surface area contributed by atoms with Crippen LogP contribution in [0.4, 0.5) is 24.7 Å². The van der Waals surface area contributed by atoms with Crippen molar-refractivity contribution in [2.45, 2.75) is 43.8 Å². The van der Waals surface area contributed by atoms with E-state index in [9.17, 15) is 13.2 Å². The van der Waals surface area contributed by atoms with E-state index in [0.29, 0.717) is 17.4 Å². The highest BCUT2D eigenvalue weighted by molar-refractivity contribution is 5.56. The number of alkyl halides is 3. The molecule has 1 aromatic carbocycles. The van der Waals surface area contributed by atoms with Crippen LogP contribution < -0.4 is 5.32 Å². The van der Waals surface area contributed by atoms with Gasteiger partial charge in [-0.15, -0.1) is 0 Å². The number of fused-ring (bicyclic) bond motifs is 1. The van der Waals surface area contributed by atoms with E-state index in [0.717, 1.165) is 35.8 Å². The number of halogens is 3. The minimum Gasteiger partial charge on any atom is -0.339 e. The number of nitrogens with one attached hydrogen (secondary N) is 1. The molecule has 1 aliphatic carbocycles. The lowest BCUT2D eigenvalue weighted by Gasteiger charge is -2.33. The van der Waals surface area contributed by atoms with Gasteiger partial charge in [-0.3, -0.25) is 4.98 Å². The van der Waals surface area contributed by atoms with Crippen molar-refractivity contribution in [3.05, 3.63) is 71.7 Å². The normalized spacial score (nSPS) is 20.8. The molecular formula is C22H20F3N5. The number of hydrogen-bond donors (Lipinski definition) is 1. The highest BCUT2D eigenvalue weighted by atomic mass is 19.4. The predicted molar refractivity (Wildman–Crippen MR) is 107 cm³/mol. The van der Waals surface area contributed by atoms with Crippen molar-refractivity contribution < 1.29 is 13.2 Å². The molecular weight excluding hydrogens is 391 g/mol. The van der Waals surface area contributed by atoms with Gasteiger partial charge in [-0.05, 0) is 56.5 Å². The maximum Gasteiger partial charge on any atom is 0.416 e. The fourth-order valence-corrected chi connectivity index (χ4v) is 3.80. The minimum atomic E-state index is -4.36. The van der Waals surface area contributed by atoms with Gasteiger partial charge in [0.2, 0.25) is 0 Å². The first-order valence-corrected chi connectivity index (χ1v) is 9.86. The van der Waals surface area contributed by atoms with Crippen molar-refractivity contribution in [3.63, 3.8) is 0 Å². The molecule has 30 heavy (non-hydrogen) atoms. The van der Waals surface area contributed by atoms with Crippen molar-refractivity contribution in [1.82, 2.24) is 19.5 Å². The third-order valence-corrected chi connectivity index (χ3v) is 5.73. The van der Waals surface area contributed by atoms with Gasteiger partial charge in [0.15, 0.2) is 0 Å². The lowest BCUT2D eigenvalue weighted by Crippen LogP contribution is -2.34. The molecule has 5 rings (SSSR count). The van der Waals surface area contributed by atoms with E-state index >= 15 is 0 Å². The third kappa shape index (κ3) is 3.36.